The first-order valence-corrected chi connectivity index (χ1v) is 16.1. The van der Waals surface area contributed by atoms with Crippen LogP contribution in [0.2, 0.25) is 0 Å². The van der Waals surface area contributed by atoms with Gasteiger partial charge in [-0.3, -0.25) is 19.3 Å². The molecule has 0 aliphatic heterocycles. The number of fused-ring (bicyclic) bond motifs is 2. The van der Waals surface area contributed by atoms with E-state index in [0.29, 0.717) is 24.2 Å². The molecule has 234 valence electrons. The number of nitrogens with zero attached hydrogens (tertiary/aromatic N) is 7. The van der Waals surface area contributed by atoms with E-state index in [1.165, 1.54) is 38.3 Å². The van der Waals surface area contributed by atoms with Crippen LogP contribution < -0.4 is 0 Å². The molecule has 3 heterocycles. The van der Waals surface area contributed by atoms with E-state index in [9.17, 15) is 22.4 Å². The molecular formula is C32H34FN7O4S. The lowest BCUT2D eigenvalue weighted by Gasteiger charge is -2.46. The number of Topliss-reactive ketones (excluding diaryl/α,β-unsaturated/α-hetero) is 1. The number of ketones is 1. The number of pyridine rings is 1. The van der Waals surface area contributed by atoms with Crippen LogP contribution in [0.25, 0.3) is 11.8 Å². The molecule has 2 atom stereocenters. The third-order valence-corrected chi connectivity index (χ3v) is 10.5. The third kappa shape index (κ3) is 5.50. The number of allylic oxidation sites excluding steroid dienone is 1. The molecule has 2 aliphatic rings. The summed E-state index contributed by atoms with van der Waals surface area (Å²) in [5.74, 6) is -0.954. The van der Waals surface area contributed by atoms with Crippen molar-refractivity contribution in [2.75, 3.05) is 20.6 Å². The second-order valence-corrected chi connectivity index (χ2v) is 13.8. The molecule has 1 amide bonds. The lowest BCUT2D eigenvalue weighted by Crippen LogP contribution is -2.52. The summed E-state index contributed by atoms with van der Waals surface area (Å²) in [6.07, 6.45) is 7.98. The second-order valence-electron chi connectivity index (χ2n) is 12.0. The van der Waals surface area contributed by atoms with E-state index in [1.54, 1.807) is 56.4 Å². The molecule has 3 aromatic heterocycles. The molecule has 0 spiro atoms. The van der Waals surface area contributed by atoms with Gasteiger partial charge in [0.2, 0.25) is 5.91 Å². The van der Waals surface area contributed by atoms with Crippen LogP contribution >= 0.6 is 0 Å². The van der Waals surface area contributed by atoms with Crippen molar-refractivity contribution in [1.82, 2.24) is 33.8 Å². The normalized spacial score (nSPS) is 19.5. The minimum absolute atomic E-state index is 0.140. The maximum absolute atomic E-state index is 14.6. The Bertz CT molecular complexity index is 1930. The fraction of sp³-hybridized carbons (Fsp3) is 0.344. The molecule has 0 saturated heterocycles. The number of amides is 1. The van der Waals surface area contributed by atoms with Gasteiger partial charge in [0.1, 0.15) is 11.5 Å². The van der Waals surface area contributed by atoms with Gasteiger partial charge in [-0.2, -0.15) is 14.5 Å². The van der Waals surface area contributed by atoms with Gasteiger partial charge in [0.15, 0.2) is 10.8 Å². The van der Waals surface area contributed by atoms with Crippen LogP contribution in [-0.4, -0.2) is 80.5 Å². The lowest BCUT2D eigenvalue weighted by molar-refractivity contribution is -0.129. The predicted octanol–water partition coefficient (Wildman–Crippen LogP) is 3.59. The van der Waals surface area contributed by atoms with Gasteiger partial charge in [0.05, 0.1) is 29.5 Å². The van der Waals surface area contributed by atoms with Crippen molar-refractivity contribution in [1.29, 1.82) is 0 Å². The molecule has 1 fully saturated rings. The van der Waals surface area contributed by atoms with Crippen LogP contribution in [0.15, 0.2) is 71.7 Å². The zero-order valence-electron chi connectivity index (χ0n) is 25.5. The first-order chi connectivity index (χ1) is 21.4. The summed E-state index contributed by atoms with van der Waals surface area (Å²) in [6, 6.07) is 10.3. The van der Waals surface area contributed by atoms with Gasteiger partial charge in [0.25, 0.3) is 10.0 Å². The predicted molar refractivity (Wildman–Crippen MR) is 164 cm³/mol. The molecule has 0 N–H and O–H groups in total. The smallest absolute Gasteiger partial charge is 0.263 e. The van der Waals surface area contributed by atoms with Gasteiger partial charge >= 0.3 is 0 Å². The number of sulfonamides is 1. The standard InChI is InChI=1S/C32H34FN7O4S/c1-21-11-13-34-27(15-21)31(42)32-17-22-19-35-40(25-9-6-24(33)7-10-25)28(22)16-23(32)5-8-26(18-32)39(20-30(41)37(2)3)45(43,44)29-12-14-38(4)36-29/h6-7,9-16,19,26H,5,8,17-18,20H2,1-4H3/t26-,32-/m0/s1. The van der Waals surface area contributed by atoms with Crippen molar-refractivity contribution in [2.45, 2.75) is 43.7 Å². The molecule has 11 nitrogen and oxygen atoms in total. The highest BCUT2D eigenvalue weighted by atomic mass is 32.2. The summed E-state index contributed by atoms with van der Waals surface area (Å²) in [5.41, 5.74) is 3.14. The van der Waals surface area contributed by atoms with E-state index in [4.69, 9.17) is 0 Å². The number of hydrogen-bond donors (Lipinski definition) is 0. The van der Waals surface area contributed by atoms with Crippen LogP contribution in [-0.2, 0) is 28.3 Å². The molecule has 2 aliphatic carbocycles. The zero-order valence-corrected chi connectivity index (χ0v) is 26.3. The fourth-order valence-electron chi connectivity index (χ4n) is 6.36. The second kappa shape index (κ2) is 11.5. The van der Waals surface area contributed by atoms with Crippen molar-refractivity contribution in [3.8, 4) is 5.69 Å². The maximum Gasteiger partial charge on any atom is 0.263 e. The Morgan fingerprint density at radius 1 is 1.13 bits per heavy atom. The van der Waals surface area contributed by atoms with Gasteiger partial charge in [0, 0.05) is 39.6 Å². The van der Waals surface area contributed by atoms with Gasteiger partial charge in [-0.05, 0) is 92.3 Å². The lowest BCUT2D eigenvalue weighted by atomic mass is 9.60. The summed E-state index contributed by atoms with van der Waals surface area (Å²) in [6.45, 7) is 1.49. The largest absolute Gasteiger partial charge is 0.348 e. The molecule has 13 heteroatoms. The van der Waals surface area contributed by atoms with Gasteiger partial charge < -0.3 is 4.90 Å². The topological polar surface area (TPSA) is 123 Å². The van der Waals surface area contributed by atoms with Crippen molar-refractivity contribution in [3.05, 3.63) is 95.0 Å². The molecular weight excluding hydrogens is 597 g/mol. The highest BCUT2D eigenvalue weighted by molar-refractivity contribution is 7.89. The number of carbonyl (C=O) groups is 2. The summed E-state index contributed by atoms with van der Waals surface area (Å²) < 4.78 is 46.1. The monoisotopic (exact) mass is 631 g/mol. The molecule has 45 heavy (non-hydrogen) atoms. The molecule has 1 saturated carbocycles. The third-order valence-electron chi connectivity index (χ3n) is 8.75. The minimum Gasteiger partial charge on any atom is -0.348 e. The number of likely N-dealkylation sites (N-methyl/N-ethyl adjacent to an activating group) is 1. The van der Waals surface area contributed by atoms with Gasteiger partial charge in [-0.1, -0.05) is 5.57 Å². The van der Waals surface area contributed by atoms with Crippen molar-refractivity contribution >= 4 is 27.8 Å². The minimum atomic E-state index is -4.21. The quantitative estimate of drug-likeness (QED) is 0.273. The van der Waals surface area contributed by atoms with E-state index in [-0.39, 0.29) is 35.4 Å². The molecule has 4 aromatic rings. The number of aryl methyl sites for hydroxylation is 2. The number of carbonyl (C=O) groups excluding carboxylic acids is 2. The first kappa shape index (κ1) is 30.5. The summed E-state index contributed by atoms with van der Waals surface area (Å²) in [4.78, 5) is 33.4. The Balaban J connectivity index is 1.46. The Kier molecular flexibility index (Phi) is 7.77. The Labute approximate surface area is 261 Å². The molecule has 0 radical (unpaired) electrons. The van der Waals surface area contributed by atoms with Crippen LogP contribution in [0.1, 0.15) is 46.6 Å². The van der Waals surface area contributed by atoms with Crippen LogP contribution in [0.4, 0.5) is 4.39 Å². The van der Waals surface area contributed by atoms with E-state index in [1.807, 2.05) is 19.1 Å². The van der Waals surface area contributed by atoms with E-state index in [2.05, 4.69) is 15.2 Å². The Morgan fingerprint density at radius 3 is 2.56 bits per heavy atom. The van der Waals surface area contributed by atoms with E-state index >= 15 is 0 Å². The Hall–Kier alpha value is -4.49. The van der Waals surface area contributed by atoms with Gasteiger partial charge in [-0.15, -0.1) is 0 Å². The molecule has 6 rings (SSSR count). The molecule has 1 aromatic carbocycles. The molecule has 0 unspecified atom stereocenters. The SMILES string of the molecule is Cc1ccnc(C(=O)[C@]23Cc4cnn(-c5ccc(F)cc5)c4C=C2CC[C@H](N(CC(=O)N(C)C)S(=O)(=O)c2ccn(C)n2)C3)c1. The highest BCUT2D eigenvalue weighted by Gasteiger charge is 2.52. The molecule has 0 bridgehead atoms. The van der Waals surface area contributed by atoms with Gasteiger partial charge in [-0.25, -0.2) is 17.5 Å². The average Bonchev–Trinajstić information content (AvgIpc) is 3.64. The van der Waals surface area contributed by atoms with E-state index < -0.39 is 28.0 Å². The first-order valence-electron chi connectivity index (χ1n) is 14.6. The van der Waals surface area contributed by atoms with Crippen molar-refractivity contribution < 1.29 is 22.4 Å². The van der Waals surface area contributed by atoms with Crippen LogP contribution in [0, 0.1) is 18.2 Å². The van der Waals surface area contributed by atoms with Crippen LogP contribution in [0.3, 0.4) is 0 Å². The van der Waals surface area contributed by atoms with E-state index in [0.717, 1.165) is 22.4 Å². The summed E-state index contributed by atoms with van der Waals surface area (Å²) in [5, 5.41) is 8.57. The number of benzene rings is 1. The number of aromatic nitrogens is 5. The number of hydrogen-bond acceptors (Lipinski definition) is 7. The number of halogens is 1. The van der Waals surface area contributed by atoms with Crippen molar-refractivity contribution in [3.63, 3.8) is 0 Å². The number of rotatable bonds is 8. The maximum atomic E-state index is 14.6. The summed E-state index contributed by atoms with van der Waals surface area (Å²) in [7, 11) is 0.569. The Morgan fingerprint density at radius 2 is 1.89 bits per heavy atom. The zero-order chi connectivity index (χ0) is 32.1. The average molecular weight is 632 g/mol. The van der Waals surface area contributed by atoms with Crippen LogP contribution in [0.5, 0.6) is 0 Å². The highest BCUT2D eigenvalue weighted by Crippen LogP contribution is 2.51. The van der Waals surface area contributed by atoms with Crippen molar-refractivity contribution in [2.24, 2.45) is 12.5 Å². The fourth-order valence-corrected chi connectivity index (χ4v) is 7.92. The summed E-state index contributed by atoms with van der Waals surface area (Å²) >= 11 is 0.